The molecule has 0 aliphatic heterocycles. The van der Waals surface area contributed by atoms with E-state index in [0.29, 0.717) is 23.2 Å². The maximum absolute atomic E-state index is 12.1. The molecule has 0 unspecified atom stereocenters. The highest BCUT2D eigenvalue weighted by Gasteiger charge is 2.16. The summed E-state index contributed by atoms with van der Waals surface area (Å²) in [5, 5.41) is 8.18. The molecule has 1 aliphatic rings. The Morgan fingerprint density at radius 3 is 2.10 bits per heavy atom. The van der Waals surface area contributed by atoms with Crippen molar-refractivity contribution in [1.82, 2.24) is 5.32 Å². The lowest BCUT2D eigenvalue weighted by molar-refractivity contribution is -0.116. The van der Waals surface area contributed by atoms with Crippen LogP contribution in [0.5, 0.6) is 11.5 Å². The average molecular weight is 397 g/mol. The molecule has 0 heterocycles. The lowest BCUT2D eigenvalue weighted by Gasteiger charge is -2.13. The normalized spacial score (nSPS) is 13.6. The zero-order valence-corrected chi connectivity index (χ0v) is 16.6. The fourth-order valence-electron chi connectivity index (χ4n) is 3.18. The van der Waals surface area contributed by atoms with Crippen LogP contribution in [0.2, 0.25) is 0 Å². The van der Waals surface area contributed by atoms with Gasteiger partial charge in [-0.1, -0.05) is 0 Å². The van der Waals surface area contributed by atoms with E-state index >= 15 is 0 Å². The predicted molar refractivity (Wildman–Crippen MR) is 113 cm³/mol. The molecule has 29 heavy (non-hydrogen) atoms. The molecule has 1 aliphatic carbocycles. The van der Waals surface area contributed by atoms with Crippen molar-refractivity contribution in [1.29, 1.82) is 0 Å². The summed E-state index contributed by atoms with van der Waals surface area (Å²) in [7, 11) is 1.58. The van der Waals surface area contributed by atoms with Crippen LogP contribution in [-0.2, 0) is 4.79 Å². The number of benzene rings is 2. The van der Waals surface area contributed by atoms with Crippen LogP contribution in [0.3, 0.4) is 0 Å². The van der Waals surface area contributed by atoms with Crippen LogP contribution in [0.15, 0.2) is 48.5 Å². The number of carbonyl (C=O) groups excluding carboxylic acids is 2. The Labute approximate surface area is 170 Å². The Balaban J connectivity index is 1.35. The van der Waals surface area contributed by atoms with Gasteiger partial charge in [0.1, 0.15) is 11.5 Å². The Morgan fingerprint density at radius 2 is 1.48 bits per heavy atom. The first-order valence-electron chi connectivity index (χ1n) is 9.88. The van der Waals surface area contributed by atoms with Crippen LogP contribution in [0.25, 0.3) is 0 Å². The fraction of sp³-hybridized carbons (Fsp3) is 0.364. The van der Waals surface area contributed by atoms with E-state index in [9.17, 15) is 9.59 Å². The molecule has 3 amide bonds. The number of rotatable bonds is 8. The van der Waals surface area contributed by atoms with E-state index in [1.165, 1.54) is 12.8 Å². The van der Waals surface area contributed by atoms with Crippen LogP contribution in [0.4, 0.5) is 16.2 Å². The van der Waals surface area contributed by atoms with Crippen molar-refractivity contribution in [3.8, 4) is 11.5 Å². The van der Waals surface area contributed by atoms with Crippen LogP contribution < -0.4 is 25.4 Å². The van der Waals surface area contributed by atoms with E-state index in [4.69, 9.17) is 9.47 Å². The number of anilines is 2. The molecule has 154 valence electrons. The molecule has 0 atom stereocenters. The highest BCUT2D eigenvalue weighted by Crippen LogP contribution is 2.25. The van der Waals surface area contributed by atoms with Crippen molar-refractivity contribution in [2.75, 3.05) is 24.3 Å². The van der Waals surface area contributed by atoms with E-state index in [-0.39, 0.29) is 24.9 Å². The van der Waals surface area contributed by atoms with Crippen molar-refractivity contribution in [2.24, 2.45) is 0 Å². The molecule has 2 aromatic rings. The number of methoxy groups -OCH3 is 1. The third-order valence-corrected chi connectivity index (χ3v) is 4.73. The molecule has 0 radical (unpaired) electrons. The molecule has 3 N–H and O–H groups in total. The van der Waals surface area contributed by atoms with Gasteiger partial charge in [0.15, 0.2) is 0 Å². The van der Waals surface area contributed by atoms with E-state index in [0.717, 1.165) is 18.6 Å². The maximum atomic E-state index is 12.1. The summed E-state index contributed by atoms with van der Waals surface area (Å²) >= 11 is 0. The molecule has 1 fully saturated rings. The summed E-state index contributed by atoms with van der Waals surface area (Å²) in [5.74, 6) is 1.37. The quantitative estimate of drug-likeness (QED) is 0.624. The topological polar surface area (TPSA) is 88.7 Å². The van der Waals surface area contributed by atoms with Gasteiger partial charge in [0.05, 0.1) is 13.2 Å². The molecule has 0 bridgehead atoms. The number of nitrogens with one attached hydrogen (secondary N) is 3. The van der Waals surface area contributed by atoms with Gasteiger partial charge in [-0.2, -0.15) is 0 Å². The van der Waals surface area contributed by atoms with Gasteiger partial charge in [0.2, 0.25) is 5.91 Å². The van der Waals surface area contributed by atoms with Crippen LogP contribution in [0, 0.1) is 0 Å². The second kappa shape index (κ2) is 10.4. The highest BCUT2D eigenvalue weighted by molar-refractivity contribution is 5.92. The fourth-order valence-corrected chi connectivity index (χ4v) is 3.18. The lowest BCUT2D eigenvalue weighted by Crippen LogP contribution is -2.31. The average Bonchev–Trinajstić information content (AvgIpc) is 3.23. The van der Waals surface area contributed by atoms with E-state index in [2.05, 4.69) is 16.0 Å². The van der Waals surface area contributed by atoms with Gasteiger partial charge < -0.3 is 25.4 Å². The third kappa shape index (κ3) is 6.71. The largest absolute Gasteiger partial charge is 0.497 e. The van der Waals surface area contributed by atoms with Gasteiger partial charge in [0, 0.05) is 24.3 Å². The first kappa shape index (κ1) is 20.5. The van der Waals surface area contributed by atoms with Crippen LogP contribution >= 0.6 is 0 Å². The van der Waals surface area contributed by atoms with E-state index < -0.39 is 0 Å². The summed E-state index contributed by atoms with van der Waals surface area (Å²) in [6, 6.07) is 14.0. The molecular formula is C22H27N3O4. The Bertz CT molecular complexity index is 800. The first-order chi connectivity index (χ1) is 14.1. The molecule has 0 saturated heterocycles. The Hall–Kier alpha value is -3.22. The standard InChI is InChI=1S/C22H27N3O4/c1-28-18-10-6-17(7-11-18)25-22(27)23-15-14-21(26)24-16-8-12-20(13-9-16)29-19-4-2-3-5-19/h6-13,19H,2-5,14-15H2,1H3,(H,24,26)(H2,23,25,27). The first-order valence-corrected chi connectivity index (χ1v) is 9.88. The summed E-state index contributed by atoms with van der Waals surface area (Å²) in [5.41, 5.74) is 1.35. The minimum absolute atomic E-state index is 0.167. The molecule has 3 rings (SSSR count). The Morgan fingerprint density at radius 1 is 0.897 bits per heavy atom. The minimum atomic E-state index is -0.364. The van der Waals surface area contributed by atoms with Gasteiger partial charge in [-0.3, -0.25) is 4.79 Å². The second-order valence-corrected chi connectivity index (χ2v) is 6.96. The molecule has 7 heteroatoms. The molecule has 1 saturated carbocycles. The van der Waals surface area contributed by atoms with Crippen molar-refractivity contribution < 1.29 is 19.1 Å². The SMILES string of the molecule is COc1ccc(NC(=O)NCCC(=O)Nc2ccc(OC3CCCC3)cc2)cc1. The van der Waals surface area contributed by atoms with Gasteiger partial charge in [-0.05, 0) is 74.2 Å². The lowest BCUT2D eigenvalue weighted by atomic mass is 10.2. The number of urea groups is 1. The zero-order valence-electron chi connectivity index (χ0n) is 16.6. The number of ether oxygens (including phenoxy) is 2. The van der Waals surface area contributed by atoms with Crippen molar-refractivity contribution >= 4 is 23.3 Å². The van der Waals surface area contributed by atoms with Gasteiger partial charge in [-0.15, -0.1) is 0 Å². The monoisotopic (exact) mass is 397 g/mol. The smallest absolute Gasteiger partial charge is 0.319 e. The van der Waals surface area contributed by atoms with Crippen LogP contribution in [0.1, 0.15) is 32.1 Å². The van der Waals surface area contributed by atoms with Crippen molar-refractivity contribution in [3.63, 3.8) is 0 Å². The molecule has 7 nitrogen and oxygen atoms in total. The molecule has 0 spiro atoms. The Kier molecular flexibility index (Phi) is 7.33. The maximum Gasteiger partial charge on any atom is 0.319 e. The van der Waals surface area contributed by atoms with Gasteiger partial charge in [0.25, 0.3) is 0 Å². The summed E-state index contributed by atoms with van der Waals surface area (Å²) in [6.45, 7) is 0.233. The van der Waals surface area contributed by atoms with Crippen molar-refractivity contribution in [3.05, 3.63) is 48.5 Å². The predicted octanol–water partition coefficient (Wildman–Crippen LogP) is 4.17. The van der Waals surface area contributed by atoms with Crippen molar-refractivity contribution in [2.45, 2.75) is 38.2 Å². The second-order valence-electron chi connectivity index (χ2n) is 6.96. The number of carbonyl (C=O) groups is 2. The zero-order chi connectivity index (χ0) is 20.5. The van der Waals surface area contributed by atoms with E-state index in [1.54, 1.807) is 31.4 Å². The highest BCUT2D eigenvalue weighted by atomic mass is 16.5. The number of amides is 3. The molecule has 0 aromatic heterocycles. The molecular weight excluding hydrogens is 370 g/mol. The molecule has 2 aromatic carbocycles. The minimum Gasteiger partial charge on any atom is -0.497 e. The van der Waals surface area contributed by atoms with Gasteiger partial charge >= 0.3 is 6.03 Å². The number of hydrogen-bond donors (Lipinski definition) is 3. The summed E-state index contributed by atoms with van der Waals surface area (Å²) in [4.78, 5) is 23.9. The van der Waals surface area contributed by atoms with Crippen LogP contribution in [-0.4, -0.2) is 31.7 Å². The van der Waals surface area contributed by atoms with Gasteiger partial charge in [-0.25, -0.2) is 4.79 Å². The number of hydrogen-bond acceptors (Lipinski definition) is 4. The summed E-state index contributed by atoms with van der Waals surface area (Å²) < 4.78 is 11.0. The summed E-state index contributed by atoms with van der Waals surface area (Å²) in [6.07, 6.45) is 5.16. The third-order valence-electron chi connectivity index (χ3n) is 4.73. The van der Waals surface area contributed by atoms with E-state index in [1.807, 2.05) is 24.3 Å².